The van der Waals surface area contributed by atoms with Gasteiger partial charge in [-0.15, -0.1) is 0 Å². The van der Waals surface area contributed by atoms with Crippen molar-refractivity contribution in [3.05, 3.63) is 71.8 Å². The van der Waals surface area contributed by atoms with E-state index in [9.17, 15) is 13.2 Å². The highest BCUT2D eigenvalue weighted by atomic mass is 32.2. The van der Waals surface area contributed by atoms with Crippen LogP contribution in [0.2, 0.25) is 0 Å². The lowest BCUT2D eigenvalue weighted by atomic mass is 10.1. The number of carbonyl (C=O) groups excluding carboxylic acids is 1. The van der Waals surface area contributed by atoms with Gasteiger partial charge in [0, 0.05) is 11.1 Å². The maximum Gasteiger partial charge on any atom is 0.306 e. The van der Waals surface area contributed by atoms with Gasteiger partial charge in [0.05, 0.1) is 13.4 Å². The first kappa shape index (κ1) is 18.5. The van der Waals surface area contributed by atoms with Crippen LogP contribution in [0.5, 0.6) is 11.5 Å². The van der Waals surface area contributed by atoms with E-state index in [1.54, 1.807) is 37.5 Å². The Kier molecular flexibility index (Phi) is 6.14. The van der Waals surface area contributed by atoms with Gasteiger partial charge in [-0.25, -0.2) is 0 Å². The minimum atomic E-state index is -3.64. The van der Waals surface area contributed by atoms with Gasteiger partial charge < -0.3 is 8.92 Å². The Hall–Kier alpha value is -2.86. The summed E-state index contributed by atoms with van der Waals surface area (Å²) in [6.07, 6.45) is 6.89. The molecule has 0 aromatic heterocycles. The maximum absolute atomic E-state index is 12.0. The molecule has 0 amide bonds. The largest absolute Gasteiger partial charge is 0.496 e. The van der Waals surface area contributed by atoms with Crippen molar-refractivity contribution in [2.75, 3.05) is 13.4 Å². The van der Waals surface area contributed by atoms with Crippen molar-refractivity contribution in [2.24, 2.45) is 0 Å². The standard InChI is InChI=1S/C19H18O5S/c1-23-18-9-5-3-7-15(18)11-13-17(20)14-12-16-8-4-6-10-19(16)24-25(2,21)22/h3-14H,1-2H3/b13-11+,14-12+. The van der Waals surface area contributed by atoms with Crippen molar-refractivity contribution in [1.29, 1.82) is 0 Å². The van der Waals surface area contributed by atoms with Crippen LogP contribution < -0.4 is 8.92 Å². The molecular formula is C19H18O5S. The van der Waals surface area contributed by atoms with Crippen molar-refractivity contribution in [1.82, 2.24) is 0 Å². The number of carbonyl (C=O) groups is 1. The molecule has 0 aliphatic heterocycles. The van der Waals surface area contributed by atoms with Crippen LogP contribution in [0.25, 0.3) is 12.2 Å². The van der Waals surface area contributed by atoms with Crippen LogP contribution in [0.15, 0.2) is 60.7 Å². The monoisotopic (exact) mass is 358 g/mol. The van der Waals surface area contributed by atoms with E-state index in [1.165, 1.54) is 24.3 Å². The van der Waals surface area contributed by atoms with E-state index in [0.717, 1.165) is 11.8 Å². The van der Waals surface area contributed by atoms with Gasteiger partial charge in [0.25, 0.3) is 0 Å². The van der Waals surface area contributed by atoms with E-state index in [1.807, 2.05) is 18.2 Å². The van der Waals surface area contributed by atoms with Crippen LogP contribution in [-0.4, -0.2) is 27.6 Å². The van der Waals surface area contributed by atoms with Crippen LogP contribution in [0.4, 0.5) is 0 Å². The molecule has 6 heteroatoms. The van der Waals surface area contributed by atoms with Gasteiger partial charge in [0.2, 0.25) is 0 Å². The van der Waals surface area contributed by atoms with E-state index in [4.69, 9.17) is 8.92 Å². The van der Waals surface area contributed by atoms with Crippen LogP contribution in [0.3, 0.4) is 0 Å². The number of ether oxygens (including phenoxy) is 1. The Morgan fingerprint density at radius 1 is 0.880 bits per heavy atom. The molecule has 5 nitrogen and oxygen atoms in total. The van der Waals surface area contributed by atoms with E-state index < -0.39 is 10.1 Å². The smallest absolute Gasteiger partial charge is 0.306 e. The van der Waals surface area contributed by atoms with Gasteiger partial charge in [0.1, 0.15) is 11.5 Å². The van der Waals surface area contributed by atoms with Gasteiger partial charge >= 0.3 is 10.1 Å². The van der Waals surface area contributed by atoms with Crippen molar-refractivity contribution in [3.63, 3.8) is 0 Å². The first-order chi connectivity index (χ1) is 11.9. The Labute approximate surface area is 147 Å². The predicted octanol–water partition coefficient (Wildman–Crippen LogP) is 3.33. The second-order valence-corrected chi connectivity index (χ2v) is 6.71. The first-order valence-electron chi connectivity index (χ1n) is 7.40. The molecule has 0 heterocycles. The van der Waals surface area contributed by atoms with Crippen molar-refractivity contribution < 1.29 is 22.1 Å². The molecule has 0 bridgehead atoms. The highest BCUT2D eigenvalue weighted by Gasteiger charge is 2.07. The van der Waals surface area contributed by atoms with Crippen LogP contribution in [0, 0.1) is 0 Å². The molecular weight excluding hydrogens is 340 g/mol. The summed E-state index contributed by atoms with van der Waals surface area (Å²) >= 11 is 0. The molecule has 0 atom stereocenters. The summed E-state index contributed by atoms with van der Waals surface area (Å²) in [6.45, 7) is 0. The molecule has 0 spiro atoms. The zero-order valence-electron chi connectivity index (χ0n) is 13.9. The number of rotatable bonds is 7. The Morgan fingerprint density at radius 2 is 1.36 bits per heavy atom. The van der Waals surface area contributed by atoms with E-state index in [-0.39, 0.29) is 11.5 Å². The number of methoxy groups -OCH3 is 1. The zero-order valence-corrected chi connectivity index (χ0v) is 14.7. The van der Waals surface area contributed by atoms with Crippen molar-refractivity contribution in [3.8, 4) is 11.5 Å². The number of hydrogen-bond acceptors (Lipinski definition) is 5. The molecule has 0 N–H and O–H groups in total. The Bertz CT molecular complexity index is 911. The lowest BCUT2D eigenvalue weighted by molar-refractivity contribution is -0.110. The number of allylic oxidation sites excluding steroid dienone is 2. The number of hydrogen-bond donors (Lipinski definition) is 0. The first-order valence-corrected chi connectivity index (χ1v) is 9.22. The number of ketones is 1. The van der Waals surface area contributed by atoms with Crippen LogP contribution in [0.1, 0.15) is 11.1 Å². The molecule has 130 valence electrons. The summed E-state index contributed by atoms with van der Waals surface area (Å²) in [5, 5.41) is 0. The average molecular weight is 358 g/mol. The molecule has 0 unspecified atom stereocenters. The van der Waals surface area contributed by atoms with Gasteiger partial charge in [-0.1, -0.05) is 36.4 Å². The highest BCUT2D eigenvalue weighted by Crippen LogP contribution is 2.21. The van der Waals surface area contributed by atoms with Crippen molar-refractivity contribution >= 4 is 28.1 Å². The predicted molar refractivity (Wildman–Crippen MR) is 98.0 cm³/mol. The molecule has 25 heavy (non-hydrogen) atoms. The minimum Gasteiger partial charge on any atom is -0.496 e. The van der Waals surface area contributed by atoms with Gasteiger partial charge in [-0.05, 0) is 36.4 Å². The van der Waals surface area contributed by atoms with Gasteiger partial charge in [-0.3, -0.25) is 4.79 Å². The second-order valence-electron chi connectivity index (χ2n) is 5.14. The zero-order chi connectivity index (χ0) is 18.3. The summed E-state index contributed by atoms with van der Waals surface area (Å²) in [6, 6.07) is 13.9. The summed E-state index contributed by atoms with van der Waals surface area (Å²) in [5.74, 6) is 0.588. The van der Waals surface area contributed by atoms with Crippen molar-refractivity contribution in [2.45, 2.75) is 0 Å². The fourth-order valence-electron chi connectivity index (χ4n) is 2.06. The molecule has 0 saturated carbocycles. The third-order valence-electron chi connectivity index (χ3n) is 3.15. The highest BCUT2D eigenvalue weighted by molar-refractivity contribution is 7.86. The van der Waals surface area contributed by atoms with Crippen LogP contribution >= 0.6 is 0 Å². The summed E-state index contributed by atoms with van der Waals surface area (Å²) in [5.41, 5.74) is 1.28. The van der Waals surface area contributed by atoms with Gasteiger partial charge in [0.15, 0.2) is 5.78 Å². The van der Waals surface area contributed by atoms with Crippen LogP contribution in [-0.2, 0) is 14.9 Å². The average Bonchev–Trinajstić information content (AvgIpc) is 2.58. The minimum absolute atomic E-state index is 0.169. The normalized spacial score (nSPS) is 11.8. The Balaban J connectivity index is 2.14. The molecule has 0 aliphatic carbocycles. The van der Waals surface area contributed by atoms with E-state index >= 15 is 0 Å². The number of para-hydroxylation sites is 2. The van der Waals surface area contributed by atoms with Gasteiger partial charge in [-0.2, -0.15) is 8.42 Å². The molecule has 2 rings (SSSR count). The maximum atomic E-state index is 12.0. The number of benzene rings is 2. The summed E-state index contributed by atoms with van der Waals surface area (Å²) < 4.78 is 32.7. The summed E-state index contributed by atoms with van der Waals surface area (Å²) in [7, 11) is -2.08. The van der Waals surface area contributed by atoms with E-state index in [0.29, 0.717) is 11.3 Å². The molecule has 0 radical (unpaired) electrons. The summed E-state index contributed by atoms with van der Waals surface area (Å²) in [4.78, 5) is 12.0. The molecule has 2 aromatic rings. The lowest BCUT2D eigenvalue weighted by Gasteiger charge is -2.05. The third-order valence-corrected chi connectivity index (χ3v) is 3.64. The Morgan fingerprint density at radius 3 is 1.88 bits per heavy atom. The fourth-order valence-corrected chi connectivity index (χ4v) is 2.54. The topological polar surface area (TPSA) is 69.7 Å². The third kappa shape index (κ3) is 5.93. The molecule has 0 saturated heterocycles. The fraction of sp³-hybridized carbons (Fsp3) is 0.105. The molecule has 0 aliphatic rings. The second kappa shape index (κ2) is 8.30. The quantitative estimate of drug-likeness (QED) is 0.561. The van der Waals surface area contributed by atoms with E-state index in [2.05, 4.69) is 0 Å². The molecule has 0 fully saturated rings. The lowest BCUT2D eigenvalue weighted by Crippen LogP contribution is -2.06. The molecule has 2 aromatic carbocycles. The SMILES string of the molecule is COc1ccccc1/C=C/C(=O)/C=C/c1ccccc1OS(C)(=O)=O.